The van der Waals surface area contributed by atoms with Gasteiger partial charge in [0.2, 0.25) is 0 Å². The van der Waals surface area contributed by atoms with Crippen LogP contribution in [0, 0.1) is 5.92 Å². The van der Waals surface area contributed by atoms with Crippen molar-refractivity contribution in [3.05, 3.63) is 59.8 Å². The van der Waals surface area contributed by atoms with Gasteiger partial charge >= 0.3 is 0 Å². The summed E-state index contributed by atoms with van der Waals surface area (Å²) in [5.74, 6) is 1.77. The molecule has 0 spiro atoms. The third kappa shape index (κ3) is 3.61. The number of aliphatic hydroxyl groups is 1. The van der Waals surface area contributed by atoms with Gasteiger partial charge in [0.05, 0.1) is 6.61 Å². The Balaban J connectivity index is 1.57. The maximum Gasteiger partial charge on any atom is 0.128 e. The van der Waals surface area contributed by atoms with E-state index in [0.717, 1.165) is 30.4 Å². The van der Waals surface area contributed by atoms with Gasteiger partial charge in [0.15, 0.2) is 0 Å². The number of piperidine rings is 1. The number of aliphatic hydroxyl groups excluding tert-OH is 1. The van der Waals surface area contributed by atoms with Crippen LogP contribution in [-0.2, 0) is 13.0 Å². The van der Waals surface area contributed by atoms with Gasteiger partial charge < -0.3 is 10.0 Å². The van der Waals surface area contributed by atoms with Crippen LogP contribution in [0.1, 0.15) is 24.0 Å². The fourth-order valence-corrected chi connectivity index (χ4v) is 3.05. The van der Waals surface area contributed by atoms with Crippen molar-refractivity contribution < 1.29 is 5.11 Å². The summed E-state index contributed by atoms with van der Waals surface area (Å²) in [6.07, 6.45) is 5.38. The summed E-state index contributed by atoms with van der Waals surface area (Å²) in [6, 6.07) is 14.6. The second kappa shape index (κ2) is 6.72. The van der Waals surface area contributed by atoms with E-state index < -0.39 is 0 Å². The fraction of sp³-hybridized carbons (Fsp3) is 0.389. The lowest BCUT2D eigenvalue weighted by Gasteiger charge is -2.33. The Morgan fingerprint density at radius 3 is 2.52 bits per heavy atom. The predicted octanol–water partition coefficient (Wildman–Crippen LogP) is 3.03. The Hall–Kier alpha value is -1.87. The summed E-state index contributed by atoms with van der Waals surface area (Å²) in [7, 11) is 0. The number of anilines is 1. The first-order valence-corrected chi connectivity index (χ1v) is 7.70. The number of hydrogen-bond acceptors (Lipinski definition) is 3. The summed E-state index contributed by atoms with van der Waals surface area (Å²) >= 11 is 0. The average molecular weight is 282 g/mol. The highest BCUT2D eigenvalue weighted by atomic mass is 16.3. The van der Waals surface area contributed by atoms with Crippen molar-refractivity contribution in [3.63, 3.8) is 0 Å². The van der Waals surface area contributed by atoms with Crippen molar-refractivity contribution >= 4 is 5.82 Å². The maximum absolute atomic E-state index is 9.22. The Bertz CT molecular complexity index is 562. The van der Waals surface area contributed by atoms with Crippen molar-refractivity contribution in [2.45, 2.75) is 25.9 Å². The van der Waals surface area contributed by atoms with Crippen LogP contribution in [0.4, 0.5) is 5.82 Å². The van der Waals surface area contributed by atoms with Gasteiger partial charge in [-0.2, -0.15) is 0 Å². The normalized spacial score (nSPS) is 16.1. The van der Waals surface area contributed by atoms with Gasteiger partial charge in [0, 0.05) is 19.3 Å². The molecule has 2 heterocycles. The summed E-state index contributed by atoms with van der Waals surface area (Å²) in [4.78, 5) is 6.77. The Labute approximate surface area is 126 Å². The molecule has 3 rings (SSSR count). The smallest absolute Gasteiger partial charge is 0.128 e. The van der Waals surface area contributed by atoms with Gasteiger partial charge in [-0.15, -0.1) is 0 Å². The molecule has 1 fully saturated rings. The zero-order valence-electron chi connectivity index (χ0n) is 12.3. The van der Waals surface area contributed by atoms with Crippen LogP contribution in [0.2, 0.25) is 0 Å². The molecule has 0 radical (unpaired) electrons. The molecule has 2 aromatic rings. The first-order chi connectivity index (χ1) is 10.3. The molecule has 110 valence electrons. The van der Waals surface area contributed by atoms with Crippen LogP contribution in [-0.4, -0.2) is 23.2 Å². The van der Waals surface area contributed by atoms with E-state index >= 15 is 0 Å². The van der Waals surface area contributed by atoms with Crippen molar-refractivity contribution in [3.8, 4) is 0 Å². The topological polar surface area (TPSA) is 36.4 Å². The monoisotopic (exact) mass is 282 g/mol. The molecular formula is C18H22N2O. The highest BCUT2D eigenvalue weighted by Gasteiger charge is 2.20. The highest BCUT2D eigenvalue weighted by molar-refractivity contribution is 5.41. The number of benzene rings is 1. The van der Waals surface area contributed by atoms with Gasteiger partial charge in [0.1, 0.15) is 5.82 Å². The molecule has 21 heavy (non-hydrogen) atoms. The quantitative estimate of drug-likeness (QED) is 0.936. The second-order valence-corrected chi connectivity index (χ2v) is 5.80. The van der Waals surface area contributed by atoms with Crippen LogP contribution in [0.3, 0.4) is 0 Å². The van der Waals surface area contributed by atoms with E-state index in [-0.39, 0.29) is 6.61 Å². The molecule has 1 aliphatic rings. The summed E-state index contributed by atoms with van der Waals surface area (Å²) in [6.45, 7) is 2.19. The molecule has 0 saturated carbocycles. The van der Waals surface area contributed by atoms with Crippen LogP contribution < -0.4 is 4.90 Å². The van der Waals surface area contributed by atoms with Gasteiger partial charge in [0.25, 0.3) is 0 Å². The second-order valence-electron chi connectivity index (χ2n) is 5.80. The molecule has 3 nitrogen and oxygen atoms in total. The summed E-state index contributed by atoms with van der Waals surface area (Å²) < 4.78 is 0. The van der Waals surface area contributed by atoms with Crippen molar-refractivity contribution in [2.24, 2.45) is 5.92 Å². The van der Waals surface area contributed by atoms with Crippen molar-refractivity contribution in [1.29, 1.82) is 0 Å². The number of rotatable bonds is 4. The standard InChI is InChI=1S/C18H22N2O/c21-14-17-6-9-19-18(13-17)20-10-7-16(8-11-20)12-15-4-2-1-3-5-15/h1-6,9,13,16,21H,7-8,10-12,14H2. The van der Waals surface area contributed by atoms with Gasteiger partial charge in [-0.1, -0.05) is 30.3 Å². The van der Waals surface area contributed by atoms with Gasteiger partial charge in [-0.05, 0) is 48.4 Å². The Morgan fingerprint density at radius 1 is 1.05 bits per heavy atom. The fourth-order valence-electron chi connectivity index (χ4n) is 3.05. The van der Waals surface area contributed by atoms with Crippen LogP contribution in [0.25, 0.3) is 0 Å². The van der Waals surface area contributed by atoms with E-state index in [2.05, 4.69) is 40.2 Å². The van der Waals surface area contributed by atoms with Crippen molar-refractivity contribution in [1.82, 2.24) is 4.98 Å². The van der Waals surface area contributed by atoms with E-state index in [1.807, 2.05) is 12.1 Å². The molecule has 0 bridgehead atoms. The highest BCUT2D eigenvalue weighted by Crippen LogP contribution is 2.25. The lowest BCUT2D eigenvalue weighted by Crippen LogP contribution is -2.34. The zero-order chi connectivity index (χ0) is 14.5. The molecule has 0 atom stereocenters. The van der Waals surface area contributed by atoms with Crippen LogP contribution in [0.5, 0.6) is 0 Å². The molecule has 1 aromatic heterocycles. The minimum Gasteiger partial charge on any atom is -0.392 e. The first-order valence-electron chi connectivity index (χ1n) is 7.70. The minimum absolute atomic E-state index is 0.0833. The number of pyridine rings is 1. The lowest BCUT2D eigenvalue weighted by molar-refractivity contribution is 0.281. The van der Waals surface area contributed by atoms with E-state index in [4.69, 9.17) is 0 Å². The molecule has 1 saturated heterocycles. The van der Waals surface area contributed by atoms with E-state index in [1.165, 1.54) is 24.8 Å². The SMILES string of the molecule is OCc1ccnc(N2CCC(Cc3ccccc3)CC2)c1. The largest absolute Gasteiger partial charge is 0.392 e. The van der Waals surface area contributed by atoms with Gasteiger partial charge in [-0.3, -0.25) is 0 Å². The zero-order valence-corrected chi connectivity index (χ0v) is 12.3. The van der Waals surface area contributed by atoms with Crippen LogP contribution >= 0.6 is 0 Å². The molecule has 0 amide bonds. The van der Waals surface area contributed by atoms with E-state index in [1.54, 1.807) is 6.20 Å². The molecule has 1 aliphatic heterocycles. The van der Waals surface area contributed by atoms with Gasteiger partial charge in [-0.25, -0.2) is 4.98 Å². The molecule has 3 heteroatoms. The lowest BCUT2D eigenvalue weighted by atomic mass is 9.90. The number of aromatic nitrogens is 1. The first kappa shape index (κ1) is 14.1. The average Bonchev–Trinajstić information content (AvgIpc) is 2.56. The molecular weight excluding hydrogens is 260 g/mol. The third-order valence-electron chi connectivity index (χ3n) is 4.30. The number of nitrogens with zero attached hydrogens (tertiary/aromatic N) is 2. The molecule has 1 aromatic carbocycles. The van der Waals surface area contributed by atoms with Crippen LogP contribution in [0.15, 0.2) is 48.7 Å². The summed E-state index contributed by atoms with van der Waals surface area (Å²) in [5.41, 5.74) is 2.38. The summed E-state index contributed by atoms with van der Waals surface area (Å²) in [5, 5.41) is 9.22. The molecule has 0 unspecified atom stereocenters. The number of hydrogen-bond donors (Lipinski definition) is 1. The minimum atomic E-state index is 0.0833. The Morgan fingerprint density at radius 2 is 1.81 bits per heavy atom. The van der Waals surface area contributed by atoms with Crippen molar-refractivity contribution in [2.75, 3.05) is 18.0 Å². The molecule has 0 aliphatic carbocycles. The van der Waals surface area contributed by atoms with E-state index in [9.17, 15) is 5.11 Å². The third-order valence-corrected chi connectivity index (χ3v) is 4.30. The Kier molecular flexibility index (Phi) is 4.51. The maximum atomic E-state index is 9.22. The van der Waals surface area contributed by atoms with E-state index in [0.29, 0.717) is 0 Å². The molecule has 1 N–H and O–H groups in total. The predicted molar refractivity (Wildman–Crippen MR) is 85.2 cm³/mol.